The van der Waals surface area contributed by atoms with E-state index in [4.69, 9.17) is 0 Å². The third-order valence-corrected chi connectivity index (χ3v) is 5.84. The minimum absolute atomic E-state index is 0.0445. The van der Waals surface area contributed by atoms with E-state index in [0.717, 1.165) is 17.5 Å². The van der Waals surface area contributed by atoms with Crippen molar-refractivity contribution in [2.24, 2.45) is 7.05 Å². The van der Waals surface area contributed by atoms with Crippen molar-refractivity contribution in [3.8, 4) is 0 Å². The lowest BCUT2D eigenvalue weighted by atomic mass is 9.98. The molecule has 2 aliphatic heterocycles. The molecule has 4 rings (SSSR count). The number of anilines is 1. The Labute approximate surface area is 166 Å². The molecule has 0 spiro atoms. The maximum atomic E-state index is 13.6. The first-order chi connectivity index (χ1) is 13.8. The zero-order valence-electron chi connectivity index (χ0n) is 16.5. The number of aromatic nitrogens is 4. The van der Waals surface area contributed by atoms with Gasteiger partial charge < -0.3 is 10.2 Å². The highest BCUT2D eigenvalue weighted by atomic mass is 19.4. The third kappa shape index (κ3) is 3.72. The molecule has 2 aromatic rings. The molecule has 2 aliphatic rings. The molecule has 158 valence electrons. The number of carbonyl (C=O) groups excluding carboxylic acids is 1. The maximum Gasteiger partial charge on any atom is 0.410 e. The highest BCUT2D eigenvalue weighted by Gasteiger charge is 2.46. The monoisotopic (exact) mass is 410 g/mol. The minimum atomic E-state index is -4.37. The van der Waals surface area contributed by atoms with Gasteiger partial charge in [0.05, 0.1) is 23.5 Å². The van der Waals surface area contributed by atoms with Crippen LogP contribution in [-0.2, 0) is 7.05 Å². The molecule has 1 unspecified atom stereocenters. The standard InChI is InChI=1S/C19H25F3N6O/c1-3-13-8-16(19(20,21)22)28-17(24-13)9-14(25-28)15-6-4-5-7-27(15)18(29)12-10-23-26(2)11-12/h9-11,13,15-16,24H,3-8H2,1-2H3/t13-,15?,16-/m1/s1. The summed E-state index contributed by atoms with van der Waals surface area (Å²) in [4.78, 5) is 14.7. The summed E-state index contributed by atoms with van der Waals surface area (Å²) in [6.07, 6.45) is 1.79. The van der Waals surface area contributed by atoms with Gasteiger partial charge >= 0.3 is 6.18 Å². The number of amides is 1. The van der Waals surface area contributed by atoms with Gasteiger partial charge in [0.2, 0.25) is 0 Å². The zero-order valence-corrected chi connectivity index (χ0v) is 16.5. The lowest BCUT2D eigenvalue weighted by molar-refractivity contribution is -0.173. The Bertz CT molecular complexity index is 889. The van der Waals surface area contributed by atoms with Crippen molar-refractivity contribution in [2.75, 3.05) is 11.9 Å². The zero-order chi connectivity index (χ0) is 20.8. The molecule has 1 N–H and O–H groups in total. The maximum absolute atomic E-state index is 13.6. The quantitative estimate of drug-likeness (QED) is 0.838. The van der Waals surface area contributed by atoms with Crippen molar-refractivity contribution < 1.29 is 18.0 Å². The van der Waals surface area contributed by atoms with Gasteiger partial charge in [-0.2, -0.15) is 23.4 Å². The number of piperidine rings is 1. The minimum Gasteiger partial charge on any atom is -0.367 e. The number of hydrogen-bond acceptors (Lipinski definition) is 4. The molecule has 1 amide bonds. The highest BCUT2D eigenvalue weighted by molar-refractivity contribution is 5.94. The second kappa shape index (κ2) is 7.38. The van der Waals surface area contributed by atoms with E-state index in [0.29, 0.717) is 36.5 Å². The summed E-state index contributed by atoms with van der Waals surface area (Å²) in [5.41, 5.74) is 0.983. The summed E-state index contributed by atoms with van der Waals surface area (Å²) >= 11 is 0. The van der Waals surface area contributed by atoms with Crippen LogP contribution in [0.15, 0.2) is 18.5 Å². The van der Waals surface area contributed by atoms with Gasteiger partial charge in [0.1, 0.15) is 5.82 Å². The van der Waals surface area contributed by atoms with Gasteiger partial charge in [-0.15, -0.1) is 0 Å². The molecule has 0 aliphatic carbocycles. The highest BCUT2D eigenvalue weighted by Crippen LogP contribution is 2.42. The van der Waals surface area contributed by atoms with Crippen molar-refractivity contribution in [1.29, 1.82) is 0 Å². The summed E-state index contributed by atoms with van der Waals surface area (Å²) in [6, 6.07) is -0.563. The van der Waals surface area contributed by atoms with Crippen LogP contribution in [0.5, 0.6) is 0 Å². The number of rotatable bonds is 3. The van der Waals surface area contributed by atoms with Crippen LogP contribution in [0.25, 0.3) is 0 Å². The molecular formula is C19H25F3N6O. The van der Waals surface area contributed by atoms with Gasteiger partial charge in [0, 0.05) is 31.9 Å². The van der Waals surface area contributed by atoms with Crippen LogP contribution in [-0.4, -0.2) is 49.1 Å². The molecule has 0 saturated carbocycles. The fourth-order valence-corrected chi connectivity index (χ4v) is 4.28. The van der Waals surface area contributed by atoms with E-state index in [1.54, 1.807) is 28.9 Å². The number of hydrogen-bond donors (Lipinski definition) is 1. The Morgan fingerprint density at radius 3 is 2.79 bits per heavy atom. The van der Waals surface area contributed by atoms with Crippen LogP contribution < -0.4 is 5.32 Å². The predicted octanol–water partition coefficient (Wildman–Crippen LogP) is 3.68. The second-order valence-electron chi connectivity index (χ2n) is 7.85. The molecule has 2 aromatic heterocycles. The van der Waals surface area contributed by atoms with E-state index in [2.05, 4.69) is 15.5 Å². The van der Waals surface area contributed by atoms with Gasteiger partial charge in [-0.3, -0.25) is 9.48 Å². The Hall–Kier alpha value is -2.52. The smallest absolute Gasteiger partial charge is 0.367 e. The first kappa shape index (κ1) is 19.8. The fourth-order valence-electron chi connectivity index (χ4n) is 4.28. The predicted molar refractivity (Wildman–Crippen MR) is 100 cm³/mol. The number of aryl methyl sites for hydroxylation is 1. The first-order valence-corrected chi connectivity index (χ1v) is 10.00. The number of halogens is 3. The number of carbonyl (C=O) groups is 1. The van der Waals surface area contributed by atoms with Crippen molar-refractivity contribution >= 4 is 11.7 Å². The van der Waals surface area contributed by atoms with Gasteiger partial charge in [0.25, 0.3) is 5.91 Å². The largest absolute Gasteiger partial charge is 0.410 e. The molecule has 29 heavy (non-hydrogen) atoms. The lowest BCUT2D eigenvalue weighted by Crippen LogP contribution is -2.39. The van der Waals surface area contributed by atoms with Gasteiger partial charge in [-0.25, -0.2) is 4.68 Å². The van der Waals surface area contributed by atoms with E-state index in [1.807, 2.05) is 6.92 Å². The number of alkyl halides is 3. The van der Waals surface area contributed by atoms with Crippen LogP contribution in [0.1, 0.15) is 67.2 Å². The van der Waals surface area contributed by atoms with E-state index >= 15 is 0 Å². The van der Waals surface area contributed by atoms with Crippen LogP contribution in [0.4, 0.5) is 19.0 Å². The van der Waals surface area contributed by atoms with Crippen molar-refractivity contribution in [1.82, 2.24) is 24.5 Å². The molecule has 10 heteroatoms. The van der Waals surface area contributed by atoms with E-state index in [1.165, 1.54) is 6.20 Å². The summed E-state index contributed by atoms with van der Waals surface area (Å²) < 4.78 is 43.6. The lowest BCUT2D eigenvalue weighted by Gasteiger charge is -2.34. The molecule has 7 nitrogen and oxygen atoms in total. The van der Waals surface area contributed by atoms with Crippen molar-refractivity contribution in [3.05, 3.63) is 29.7 Å². The van der Waals surface area contributed by atoms with Gasteiger partial charge in [-0.1, -0.05) is 6.92 Å². The van der Waals surface area contributed by atoms with Crippen LogP contribution in [0, 0.1) is 0 Å². The molecule has 3 atom stereocenters. The molecule has 0 bridgehead atoms. The van der Waals surface area contributed by atoms with Crippen LogP contribution in [0.3, 0.4) is 0 Å². The summed E-state index contributed by atoms with van der Waals surface area (Å²) in [5.74, 6) is 0.209. The number of nitrogens with one attached hydrogen (secondary N) is 1. The SMILES string of the molecule is CC[C@@H]1C[C@H](C(F)(F)F)n2nc(C3CCCCN3C(=O)c3cnn(C)c3)cc2N1. The first-order valence-electron chi connectivity index (χ1n) is 10.00. The van der Waals surface area contributed by atoms with Crippen LogP contribution in [0.2, 0.25) is 0 Å². The van der Waals surface area contributed by atoms with E-state index < -0.39 is 12.2 Å². The van der Waals surface area contributed by atoms with E-state index in [9.17, 15) is 18.0 Å². The molecular weight excluding hydrogens is 385 g/mol. The van der Waals surface area contributed by atoms with Crippen molar-refractivity contribution in [2.45, 2.75) is 63.3 Å². The van der Waals surface area contributed by atoms with E-state index in [-0.39, 0.29) is 24.4 Å². The number of likely N-dealkylation sites (tertiary alicyclic amines) is 1. The molecule has 1 saturated heterocycles. The number of fused-ring (bicyclic) bond motifs is 1. The Kier molecular flexibility index (Phi) is 5.04. The summed E-state index contributed by atoms with van der Waals surface area (Å²) in [7, 11) is 1.74. The summed E-state index contributed by atoms with van der Waals surface area (Å²) in [6.45, 7) is 2.42. The Morgan fingerprint density at radius 2 is 2.14 bits per heavy atom. The third-order valence-electron chi connectivity index (χ3n) is 5.84. The molecule has 0 aromatic carbocycles. The average molecular weight is 410 g/mol. The summed E-state index contributed by atoms with van der Waals surface area (Å²) in [5, 5.41) is 11.6. The Morgan fingerprint density at radius 1 is 1.34 bits per heavy atom. The normalized spacial score (nSPS) is 24.9. The topological polar surface area (TPSA) is 68.0 Å². The Balaban J connectivity index is 1.67. The van der Waals surface area contributed by atoms with Crippen molar-refractivity contribution in [3.63, 3.8) is 0 Å². The van der Waals surface area contributed by atoms with Gasteiger partial charge in [-0.05, 0) is 32.1 Å². The fraction of sp³-hybridized carbons (Fsp3) is 0.632. The molecule has 4 heterocycles. The van der Waals surface area contributed by atoms with Gasteiger partial charge in [0.15, 0.2) is 6.04 Å². The second-order valence-corrected chi connectivity index (χ2v) is 7.85. The molecule has 0 radical (unpaired) electrons. The number of nitrogens with zero attached hydrogens (tertiary/aromatic N) is 5. The molecule has 1 fully saturated rings. The average Bonchev–Trinajstić information content (AvgIpc) is 3.31. The van der Waals surface area contributed by atoms with Crippen LogP contribution >= 0.6 is 0 Å².